The number of oxazole rings is 1. The second-order valence-corrected chi connectivity index (χ2v) is 4.13. The van der Waals surface area contributed by atoms with Crippen LogP contribution in [0, 0.1) is 0 Å². The van der Waals surface area contributed by atoms with Crippen molar-refractivity contribution >= 4 is 0 Å². The maximum Gasteiger partial charge on any atom is 0.198 e. The zero-order valence-electron chi connectivity index (χ0n) is 11.2. The van der Waals surface area contributed by atoms with Crippen LogP contribution >= 0.6 is 0 Å². The highest BCUT2D eigenvalue weighted by atomic mass is 16.5. The topological polar surface area (TPSA) is 70.5 Å². The van der Waals surface area contributed by atoms with E-state index >= 15 is 0 Å². The fourth-order valence-corrected chi connectivity index (χ4v) is 1.85. The Morgan fingerprint density at radius 2 is 2.00 bits per heavy atom. The van der Waals surface area contributed by atoms with Crippen LogP contribution in [0.1, 0.15) is 17.2 Å². The molecule has 2 rings (SSSR count). The van der Waals surface area contributed by atoms with E-state index in [1.54, 1.807) is 20.4 Å². The van der Waals surface area contributed by atoms with Crippen molar-refractivity contribution in [3.63, 3.8) is 0 Å². The van der Waals surface area contributed by atoms with Crippen LogP contribution in [-0.2, 0) is 12.8 Å². The number of aromatic nitrogens is 1. The fraction of sp³-hybridized carbons (Fsp3) is 0.357. The van der Waals surface area contributed by atoms with Gasteiger partial charge in [0, 0.05) is 12.8 Å². The Bertz CT molecular complexity index is 537. The SMILES string of the molecule is COc1ccc(Cc2ncc(CCN)o2)cc1OC. The van der Waals surface area contributed by atoms with Gasteiger partial charge >= 0.3 is 0 Å². The number of hydrogen-bond donors (Lipinski definition) is 1. The third kappa shape index (κ3) is 3.26. The highest BCUT2D eigenvalue weighted by molar-refractivity contribution is 5.43. The number of benzene rings is 1. The van der Waals surface area contributed by atoms with Gasteiger partial charge in [0.05, 0.1) is 20.4 Å². The molecule has 2 N–H and O–H groups in total. The van der Waals surface area contributed by atoms with Gasteiger partial charge in [-0.1, -0.05) is 6.07 Å². The van der Waals surface area contributed by atoms with Crippen molar-refractivity contribution in [3.05, 3.63) is 41.6 Å². The summed E-state index contributed by atoms with van der Waals surface area (Å²) in [5.74, 6) is 2.91. The van der Waals surface area contributed by atoms with E-state index in [-0.39, 0.29) is 0 Å². The molecular weight excluding hydrogens is 244 g/mol. The molecule has 0 aliphatic rings. The summed E-state index contributed by atoms with van der Waals surface area (Å²) < 4.78 is 16.1. The highest BCUT2D eigenvalue weighted by Gasteiger charge is 2.08. The van der Waals surface area contributed by atoms with E-state index in [4.69, 9.17) is 19.6 Å². The second kappa shape index (κ2) is 6.24. The van der Waals surface area contributed by atoms with Gasteiger partial charge in [-0.05, 0) is 24.2 Å². The first-order valence-corrected chi connectivity index (χ1v) is 6.11. The molecule has 0 aliphatic carbocycles. The summed E-state index contributed by atoms with van der Waals surface area (Å²) in [6.07, 6.45) is 3.05. The zero-order chi connectivity index (χ0) is 13.7. The largest absolute Gasteiger partial charge is 0.493 e. The van der Waals surface area contributed by atoms with Crippen molar-refractivity contribution in [2.24, 2.45) is 5.73 Å². The Kier molecular flexibility index (Phi) is 4.41. The molecule has 0 bridgehead atoms. The lowest BCUT2D eigenvalue weighted by molar-refractivity contribution is 0.354. The normalized spacial score (nSPS) is 10.5. The molecule has 19 heavy (non-hydrogen) atoms. The molecule has 0 radical (unpaired) electrons. The minimum Gasteiger partial charge on any atom is -0.493 e. The summed E-state index contributed by atoms with van der Waals surface area (Å²) in [5.41, 5.74) is 6.53. The van der Waals surface area contributed by atoms with E-state index in [9.17, 15) is 0 Å². The van der Waals surface area contributed by atoms with Gasteiger partial charge in [-0.2, -0.15) is 0 Å². The van der Waals surface area contributed by atoms with Crippen LogP contribution in [0.15, 0.2) is 28.8 Å². The van der Waals surface area contributed by atoms with E-state index in [1.165, 1.54) is 0 Å². The highest BCUT2D eigenvalue weighted by Crippen LogP contribution is 2.28. The molecule has 1 heterocycles. The standard InChI is InChI=1S/C14H18N2O3/c1-17-12-4-3-10(7-13(12)18-2)8-14-16-9-11(19-14)5-6-15/h3-4,7,9H,5-6,8,15H2,1-2H3. The Morgan fingerprint density at radius 1 is 1.21 bits per heavy atom. The van der Waals surface area contributed by atoms with Crippen molar-refractivity contribution in [1.29, 1.82) is 0 Å². The van der Waals surface area contributed by atoms with Gasteiger partial charge in [0.2, 0.25) is 0 Å². The first-order chi connectivity index (χ1) is 9.26. The molecule has 1 aromatic carbocycles. The number of hydrogen-bond acceptors (Lipinski definition) is 5. The van der Waals surface area contributed by atoms with Crippen LogP contribution in [0.5, 0.6) is 11.5 Å². The van der Waals surface area contributed by atoms with E-state index in [1.807, 2.05) is 18.2 Å². The number of rotatable bonds is 6. The van der Waals surface area contributed by atoms with Gasteiger partial charge in [-0.25, -0.2) is 4.98 Å². The summed E-state index contributed by atoms with van der Waals surface area (Å²) in [4.78, 5) is 4.23. The average Bonchev–Trinajstić information content (AvgIpc) is 2.86. The van der Waals surface area contributed by atoms with Gasteiger partial charge in [0.25, 0.3) is 0 Å². The summed E-state index contributed by atoms with van der Waals surface area (Å²) in [7, 11) is 3.23. The van der Waals surface area contributed by atoms with Gasteiger partial charge in [0.15, 0.2) is 17.4 Å². The molecule has 5 heteroatoms. The average molecular weight is 262 g/mol. The molecule has 0 unspecified atom stereocenters. The van der Waals surface area contributed by atoms with E-state index in [2.05, 4.69) is 4.98 Å². The van der Waals surface area contributed by atoms with Crippen LogP contribution < -0.4 is 15.2 Å². The fourth-order valence-electron chi connectivity index (χ4n) is 1.85. The predicted molar refractivity (Wildman–Crippen MR) is 71.6 cm³/mol. The van der Waals surface area contributed by atoms with Crippen LogP contribution in [0.2, 0.25) is 0 Å². The maximum absolute atomic E-state index is 5.59. The van der Waals surface area contributed by atoms with Gasteiger partial charge in [0.1, 0.15) is 5.76 Å². The van der Waals surface area contributed by atoms with Crippen molar-refractivity contribution in [2.75, 3.05) is 20.8 Å². The first kappa shape index (κ1) is 13.4. The van der Waals surface area contributed by atoms with Crippen LogP contribution in [0.3, 0.4) is 0 Å². The third-order valence-electron chi connectivity index (χ3n) is 2.80. The second-order valence-electron chi connectivity index (χ2n) is 4.13. The summed E-state index contributed by atoms with van der Waals surface area (Å²) in [5, 5.41) is 0. The van der Waals surface area contributed by atoms with Crippen LogP contribution in [0.25, 0.3) is 0 Å². The Balaban J connectivity index is 2.13. The molecule has 1 aromatic heterocycles. The van der Waals surface area contributed by atoms with Gasteiger partial charge in [-0.15, -0.1) is 0 Å². The first-order valence-electron chi connectivity index (χ1n) is 6.11. The van der Waals surface area contributed by atoms with Gasteiger partial charge < -0.3 is 19.6 Å². The molecule has 102 valence electrons. The van der Waals surface area contributed by atoms with Crippen molar-refractivity contribution in [3.8, 4) is 11.5 Å². The lowest BCUT2D eigenvalue weighted by Crippen LogP contribution is -2.01. The number of nitrogens with zero attached hydrogens (tertiary/aromatic N) is 1. The third-order valence-corrected chi connectivity index (χ3v) is 2.80. The maximum atomic E-state index is 5.59. The van der Waals surface area contributed by atoms with E-state index < -0.39 is 0 Å². The minimum absolute atomic E-state index is 0.561. The summed E-state index contributed by atoms with van der Waals surface area (Å²) >= 11 is 0. The van der Waals surface area contributed by atoms with Crippen molar-refractivity contribution in [2.45, 2.75) is 12.8 Å². The van der Waals surface area contributed by atoms with Crippen molar-refractivity contribution < 1.29 is 13.9 Å². The number of nitrogens with two attached hydrogens (primary N) is 1. The van der Waals surface area contributed by atoms with Crippen LogP contribution in [-0.4, -0.2) is 25.7 Å². The smallest absolute Gasteiger partial charge is 0.198 e. The molecule has 2 aromatic rings. The Labute approximate surface area is 112 Å². The molecule has 0 saturated carbocycles. The molecular formula is C14H18N2O3. The predicted octanol–water partition coefficient (Wildman–Crippen LogP) is 1.78. The molecule has 0 amide bonds. The summed E-state index contributed by atoms with van der Waals surface area (Å²) in [6, 6.07) is 5.76. The molecule has 0 saturated heterocycles. The zero-order valence-corrected chi connectivity index (χ0v) is 11.2. The molecule has 0 spiro atoms. The van der Waals surface area contributed by atoms with Gasteiger partial charge in [-0.3, -0.25) is 0 Å². The monoisotopic (exact) mass is 262 g/mol. The molecule has 0 fully saturated rings. The lowest BCUT2D eigenvalue weighted by Gasteiger charge is -2.08. The van der Waals surface area contributed by atoms with E-state index in [0.29, 0.717) is 36.8 Å². The number of methoxy groups -OCH3 is 2. The molecule has 0 atom stereocenters. The van der Waals surface area contributed by atoms with Crippen molar-refractivity contribution in [1.82, 2.24) is 4.98 Å². The van der Waals surface area contributed by atoms with E-state index in [0.717, 1.165) is 11.3 Å². The minimum atomic E-state index is 0.561. The molecule has 5 nitrogen and oxygen atoms in total. The molecule has 0 aliphatic heterocycles. The lowest BCUT2D eigenvalue weighted by atomic mass is 10.1. The number of ether oxygens (including phenoxy) is 2. The quantitative estimate of drug-likeness (QED) is 0.859. The Morgan fingerprint density at radius 3 is 2.68 bits per heavy atom. The Hall–Kier alpha value is -2.01. The van der Waals surface area contributed by atoms with Crippen LogP contribution in [0.4, 0.5) is 0 Å². The summed E-state index contributed by atoms with van der Waals surface area (Å²) in [6.45, 7) is 0.561.